The Labute approximate surface area is 124 Å². The van der Waals surface area contributed by atoms with Gasteiger partial charge >= 0.3 is 0 Å². The van der Waals surface area contributed by atoms with Crippen molar-refractivity contribution in [3.63, 3.8) is 0 Å². The quantitative estimate of drug-likeness (QED) is 0.569. The predicted molar refractivity (Wildman–Crippen MR) is 78.2 cm³/mol. The molecule has 3 rings (SSSR count). The lowest BCUT2D eigenvalue weighted by Gasteiger charge is -1.98. The van der Waals surface area contributed by atoms with Crippen LogP contribution in [0, 0.1) is 0 Å². The Morgan fingerprint density at radius 3 is 3.05 bits per heavy atom. The molecule has 2 N–H and O–H groups in total. The molecule has 3 aromatic rings. The summed E-state index contributed by atoms with van der Waals surface area (Å²) in [5.41, 5.74) is 4.11. The number of nitrogens with one attached hydrogen (secondary N) is 2. The van der Waals surface area contributed by atoms with E-state index < -0.39 is 0 Å². The number of hydrogen-bond donors (Lipinski definition) is 2. The molecule has 3 aromatic heterocycles. The molecule has 0 radical (unpaired) electrons. The molecule has 104 valence electrons. The monoisotopic (exact) mass is 300 g/mol. The maximum Gasteiger partial charge on any atom is 0.272 e. The van der Waals surface area contributed by atoms with Gasteiger partial charge in [0, 0.05) is 30.4 Å². The number of halogens is 1. The molecule has 0 saturated carbocycles. The Hall–Kier alpha value is -2.80. The molecule has 0 bridgehead atoms. The van der Waals surface area contributed by atoms with E-state index in [4.69, 9.17) is 11.6 Å². The summed E-state index contributed by atoms with van der Waals surface area (Å²) in [4.78, 5) is 19.7. The molecule has 0 aromatic carbocycles. The van der Waals surface area contributed by atoms with Gasteiger partial charge in [-0.3, -0.25) is 19.9 Å². The molecule has 0 spiro atoms. The lowest BCUT2D eigenvalue weighted by atomic mass is 10.2. The fourth-order valence-corrected chi connectivity index (χ4v) is 1.92. The number of carbonyl (C=O) groups is 1. The summed E-state index contributed by atoms with van der Waals surface area (Å²) >= 11 is 5.93. The van der Waals surface area contributed by atoms with Gasteiger partial charge in [0.05, 0.1) is 17.2 Å². The molecule has 0 atom stereocenters. The van der Waals surface area contributed by atoms with E-state index in [1.54, 1.807) is 30.7 Å². The van der Waals surface area contributed by atoms with Gasteiger partial charge in [0.25, 0.3) is 5.91 Å². The van der Waals surface area contributed by atoms with Crippen molar-refractivity contribution in [3.8, 4) is 0 Å². The molecule has 0 saturated heterocycles. The van der Waals surface area contributed by atoms with Crippen LogP contribution in [-0.4, -0.2) is 32.3 Å². The number of hydrazone groups is 1. The maximum absolute atomic E-state index is 11.8. The fraction of sp³-hybridized carbons (Fsp3) is 0. The zero-order valence-electron chi connectivity index (χ0n) is 10.6. The number of hydrogen-bond acceptors (Lipinski definition) is 5. The predicted octanol–water partition coefficient (Wildman–Crippen LogP) is 1.77. The van der Waals surface area contributed by atoms with Gasteiger partial charge in [0.2, 0.25) is 0 Å². The normalized spacial score (nSPS) is 11.1. The number of H-pyrrole nitrogens is 1. The second-order valence-electron chi connectivity index (χ2n) is 4.10. The van der Waals surface area contributed by atoms with Crippen molar-refractivity contribution in [1.82, 2.24) is 25.6 Å². The number of fused-ring (bicyclic) bond motifs is 1. The Morgan fingerprint density at radius 2 is 2.24 bits per heavy atom. The van der Waals surface area contributed by atoms with E-state index in [-0.39, 0.29) is 5.91 Å². The molecular formula is C13H9ClN6O. The minimum absolute atomic E-state index is 0.348. The molecule has 21 heavy (non-hydrogen) atoms. The third-order valence-corrected chi connectivity index (χ3v) is 3.03. The van der Waals surface area contributed by atoms with Crippen molar-refractivity contribution in [3.05, 3.63) is 53.2 Å². The zero-order valence-corrected chi connectivity index (χ0v) is 11.4. The molecule has 3 heterocycles. The van der Waals surface area contributed by atoms with Crippen molar-refractivity contribution in [2.75, 3.05) is 0 Å². The second-order valence-corrected chi connectivity index (χ2v) is 4.48. The van der Waals surface area contributed by atoms with Crippen molar-refractivity contribution in [1.29, 1.82) is 0 Å². The number of amides is 1. The average molecular weight is 301 g/mol. The standard InChI is InChI=1S/C13H9ClN6O/c14-12-10-7-16-5-9(11(10)18-19-12)6-17-20-13(21)8-2-1-3-15-4-8/h1-7H,(H,18,19)(H,20,21)/b17-6+. The van der Waals surface area contributed by atoms with Gasteiger partial charge in [0.1, 0.15) is 10.7 Å². The summed E-state index contributed by atoms with van der Waals surface area (Å²) in [7, 11) is 0. The molecule has 0 aliphatic rings. The molecule has 0 unspecified atom stereocenters. The topological polar surface area (TPSA) is 95.9 Å². The number of aromatic nitrogens is 4. The molecular weight excluding hydrogens is 292 g/mol. The lowest BCUT2D eigenvalue weighted by Crippen LogP contribution is -2.17. The van der Waals surface area contributed by atoms with Gasteiger partial charge in [-0.2, -0.15) is 10.2 Å². The number of carbonyl (C=O) groups excluding carboxylic acids is 1. The Morgan fingerprint density at radius 1 is 1.33 bits per heavy atom. The number of rotatable bonds is 3. The summed E-state index contributed by atoms with van der Waals surface area (Å²) in [6, 6.07) is 3.32. The van der Waals surface area contributed by atoms with Crippen molar-refractivity contribution < 1.29 is 4.79 Å². The van der Waals surface area contributed by atoms with Crippen LogP contribution in [0.1, 0.15) is 15.9 Å². The van der Waals surface area contributed by atoms with E-state index in [0.717, 1.165) is 0 Å². The Balaban J connectivity index is 1.78. The number of nitrogens with zero attached hydrogens (tertiary/aromatic N) is 4. The van der Waals surface area contributed by atoms with E-state index in [0.29, 0.717) is 27.2 Å². The summed E-state index contributed by atoms with van der Waals surface area (Å²) in [5.74, 6) is -0.348. The van der Waals surface area contributed by atoms with Crippen LogP contribution in [0.15, 0.2) is 42.0 Å². The van der Waals surface area contributed by atoms with Crippen molar-refractivity contribution in [2.24, 2.45) is 5.10 Å². The van der Waals surface area contributed by atoms with E-state index in [9.17, 15) is 4.79 Å². The van der Waals surface area contributed by atoms with Gasteiger partial charge < -0.3 is 0 Å². The Kier molecular flexibility index (Phi) is 3.57. The largest absolute Gasteiger partial charge is 0.272 e. The first kappa shape index (κ1) is 13.2. The van der Waals surface area contributed by atoms with Crippen LogP contribution in [0.5, 0.6) is 0 Å². The van der Waals surface area contributed by atoms with Gasteiger partial charge in [-0.05, 0) is 12.1 Å². The Bertz CT molecular complexity index is 814. The molecule has 8 heteroatoms. The summed E-state index contributed by atoms with van der Waals surface area (Å²) in [6.45, 7) is 0. The van der Waals surface area contributed by atoms with Gasteiger partial charge in [-0.15, -0.1) is 0 Å². The van der Waals surface area contributed by atoms with Crippen LogP contribution in [0.25, 0.3) is 10.9 Å². The van der Waals surface area contributed by atoms with Crippen LogP contribution in [0.2, 0.25) is 5.15 Å². The van der Waals surface area contributed by atoms with Crippen LogP contribution >= 0.6 is 11.6 Å². The van der Waals surface area contributed by atoms with Crippen molar-refractivity contribution in [2.45, 2.75) is 0 Å². The first-order valence-corrected chi connectivity index (χ1v) is 6.34. The van der Waals surface area contributed by atoms with E-state index >= 15 is 0 Å². The minimum atomic E-state index is -0.348. The third-order valence-electron chi connectivity index (χ3n) is 2.74. The summed E-state index contributed by atoms with van der Waals surface area (Å²) in [6.07, 6.45) is 7.70. The van der Waals surface area contributed by atoms with Crippen LogP contribution in [-0.2, 0) is 0 Å². The number of pyridine rings is 2. The zero-order chi connectivity index (χ0) is 14.7. The second kappa shape index (κ2) is 5.68. The molecule has 0 aliphatic heterocycles. The molecule has 7 nitrogen and oxygen atoms in total. The van der Waals surface area contributed by atoms with Gasteiger partial charge in [-0.25, -0.2) is 5.43 Å². The fourth-order valence-electron chi connectivity index (χ4n) is 1.74. The van der Waals surface area contributed by atoms with Crippen LogP contribution < -0.4 is 5.43 Å². The van der Waals surface area contributed by atoms with E-state index in [1.165, 1.54) is 12.4 Å². The summed E-state index contributed by atoms with van der Waals surface area (Å²) < 4.78 is 0. The highest BCUT2D eigenvalue weighted by molar-refractivity contribution is 6.34. The molecule has 0 aliphatic carbocycles. The minimum Gasteiger partial charge on any atom is -0.267 e. The first-order chi connectivity index (χ1) is 10.3. The van der Waals surface area contributed by atoms with Crippen molar-refractivity contribution >= 4 is 34.6 Å². The maximum atomic E-state index is 11.8. The molecule has 0 fully saturated rings. The smallest absolute Gasteiger partial charge is 0.267 e. The van der Waals surface area contributed by atoms with Crippen LogP contribution in [0.3, 0.4) is 0 Å². The van der Waals surface area contributed by atoms with Gasteiger partial charge in [-0.1, -0.05) is 11.6 Å². The summed E-state index contributed by atoms with van der Waals surface area (Å²) in [5, 5.41) is 11.7. The third kappa shape index (κ3) is 2.72. The highest BCUT2D eigenvalue weighted by Crippen LogP contribution is 2.20. The highest BCUT2D eigenvalue weighted by Gasteiger charge is 2.07. The number of aromatic amines is 1. The van der Waals surface area contributed by atoms with Gasteiger partial charge in [0.15, 0.2) is 0 Å². The first-order valence-electron chi connectivity index (χ1n) is 5.96. The average Bonchev–Trinajstić information content (AvgIpc) is 2.91. The SMILES string of the molecule is O=C(N/N=C/c1cncc2c(Cl)[nH]nc12)c1cccnc1. The van der Waals surface area contributed by atoms with E-state index in [2.05, 4.69) is 30.7 Å². The lowest BCUT2D eigenvalue weighted by molar-refractivity contribution is 0.0955. The highest BCUT2D eigenvalue weighted by atomic mass is 35.5. The molecule has 1 amide bonds. The van der Waals surface area contributed by atoms with Crippen LogP contribution in [0.4, 0.5) is 0 Å². The van der Waals surface area contributed by atoms with E-state index in [1.807, 2.05) is 0 Å².